The topological polar surface area (TPSA) is 85.9 Å². The molecule has 1 aromatic heterocycles. The second-order valence-corrected chi connectivity index (χ2v) is 7.40. The third-order valence-electron chi connectivity index (χ3n) is 5.17. The number of hydrogen-bond donors (Lipinski definition) is 0. The largest absolute Gasteiger partial charge is 0.462 e. The summed E-state index contributed by atoms with van der Waals surface area (Å²) in [5, 5.41) is 0.412. The molecule has 2 heterocycles. The van der Waals surface area contributed by atoms with Crippen molar-refractivity contribution in [1.29, 1.82) is 0 Å². The van der Waals surface area contributed by atoms with Gasteiger partial charge in [0.25, 0.3) is 0 Å². The Labute approximate surface area is 169 Å². The third-order valence-corrected chi connectivity index (χ3v) is 5.17. The highest BCUT2D eigenvalue weighted by atomic mass is 16.5. The van der Waals surface area contributed by atoms with Gasteiger partial charge in [-0.2, -0.15) is 0 Å². The van der Waals surface area contributed by atoms with E-state index in [0.29, 0.717) is 45.7 Å². The number of benzene rings is 1. The Morgan fingerprint density at radius 1 is 1.21 bits per heavy atom. The Morgan fingerprint density at radius 2 is 1.93 bits per heavy atom. The normalized spacial score (nSPS) is 19.3. The first kappa shape index (κ1) is 20.7. The molecule has 1 aromatic carbocycles. The lowest BCUT2D eigenvalue weighted by Gasteiger charge is -2.31. The molecule has 1 aliphatic heterocycles. The van der Waals surface area contributed by atoms with Crippen LogP contribution in [0.3, 0.4) is 0 Å². The molecule has 1 unspecified atom stereocenters. The summed E-state index contributed by atoms with van der Waals surface area (Å²) >= 11 is 0. The molecular weight excluding hydrogens is 370 g/mol. The zero-order valence-electron chi connectivity index (χ0n) is 17.4. The van der Waals surface area contributed by atoms with Crippen LogP contribution in [0.4, 0.5) is 0 Å². The highest BCUT2D eigenvalue weighted by Crippen LogP contribution is 2.42. The number of aliphatic imine (C=N–C) groups is 1. The fourth-order valence-corrected chi connectivity index (χ4v) is 4.00. The number of fused-ring (bicyclic) bond motifs is 1. The van der Waals surface area contributed by atoms with Gasteiger partial charge in [0.15, 0.2) is 5.43 Å². The zero-order valence-corrected chi connectivity index (χ0v) is 17.4. The molecule has 0 saturated heterocycles. The van der Waals surface area contributed by atoms with E-state index in [1.54, 1.807) is 39.0 Å². The molecule has 2 aromatic rings. The number of para-hydroxylation sites is 1. The molecule has 0 spiro atoms. The van der Waals surface area contributed by atoms with E-state index in [0.717, 1.165) is 0 Å². The Kier molecular flexibility index (Phi) is 5.82. The summed E-state index contributed by atoms with van der Waals surface area (Å²) in [4.78, 5) is 42.5. The summed E-state index contributed by atoms with van der Waals surface area (Å²) < 4.78 is 11.3. The van der Waals surface area contributed by atoms with E-state index in [1.165, 1.54) is 13.0 Å². The van der Waals surface area contributed by atoms with Crippen LogP contribution in [0.1, 0.15) is 51.4 Å². The van der Waals surface area contributed by atoms with E-state index in [-0.39, 0.29) is 17.8 Å². The molecule has 3 rings (SSSR count). The maximum atomic E-state index is 12.9. The van der Waals surface area contributed by atoms with Crippen LogP contribution in [-0.4, -0.2) is 24.1 Å². The number of carbonyl (C=O) groups is 2. The van der Waals surface area contributed by atoms with Crippen LogP contribution in [0.5, 0.6) is 0 Å². The molecule has 6 nitrogen and oxygen atoms in total. The number of ether oxygens (including phenoxy) is 1. The monoisotopic (exact) mass is 395 g/mol. The van der Waals surface area contributed by atoms with E-state index in [2.05, 4.69) is 4.99 Å². The van der Waals surface area contributed by atoms with Crippen molar-refractivity contribution >= 4 is 28.4 Å². The first-order chi connectivity index (χ1) is 13.8. The number of ketones is 1. The van der Waals surface area contributed by atoms with Crippen LogP contribution in [0.25, 0.3) is 11.0 Å². The summed E-state index contributed by atoms with van der Waals surface area (Å²) in [7, 11) is 0. The quantitative estimate of drug-likeness (QED) is 0.712. The Balaban J connectivity index is 2.32. The van der Waals surface area contributed by atoms with Gasteiger partial charge in [-0.3, -0.25) is 14.6 Å². The van der Waals surface area contributed by atoms with Crippen LogP contribution in [0.15, 0.2) is 49.7 Å². The molecule has 0 aliphatic carbocycles. The van der Waals surface area contributed by atoms with E-state index < -0.39 is 17.8 Å². The highest BCUT2D eigenvalue weighted by Gasteiger charge is 2.41. The number of aryl methyl sites for hydroxylation is 1. The van der Waals surface area contributed by atoms with Gasteiger partial charge in [0.1, 0.15) is 17.1 Å². The van der Waals surface area contributed by atoms with Gasteiger partial charge in [-0.25, -0.2) is 4.79 Å². The van der Waals surface area contributed by atoms with E-state index in [9.17, 15) is 14.4 Å². The molecule has 1 aliphatic rings. The minimum atomic E-state index is -0.640. The van der Waals surface area contributed by atoms with Crippen molar-refractivity contribution in [2.45, 2.75) is 47.0 Å². The van der Waals surface area contributed by atoms with E-state index in [4.69, 9.17) is 9.15 Å². The first-order valence-electron chi connectivity index (χ1n) is 9.73. The number of rotatable bonds is 5. The SMILES string of the molecule is CCCOC(=O)C1=C(C)N=C(C)C(C(C)=O)[C@H]1c1cccc2c(=O)cc(C)oc12. The third kappa shape index (κ3) is 3.79. The number of carbonyl (C=O) groups excluding carboxylic acids is 2. The van der Waals surface area contributed by atoms with Crippen LogP contribution >= 0.6 is 0 Å². The molecule has 0 amide bonds. The molecule has 0 radical (unpaired) electrons. The zero-order chi connectivity index (χ0) is 21.3. The molecule has 29 heavy (non-hydrogen) atoms. The maximum absolute atomic E-state index is 12.9. The van der Waals surface area contributed by atoms with Crippen molar-refractivity contribution in [2.75, 3.05) is 6.61 Å². The summed E-state index contributed by atoms with van der Waals surface area (Å²) in [6.07, 6.45) is 0.684. The summed E-state index contributed by atoms with van der Waals surface area (Å²) in [6.45, 7) is 8.89. The molecular formula is C23H25NO5. The van der Waals surface area contributed by atoms with Gasteiger partial charge < -0.3 is 9.15 Å². The van der Waals surface area contributed by atoms with E-state index in [1.807, 2.05) is 6.92 Å². The lowest BCUT2D eigenvalue weighted by molar-refractivity contribution is -0.139. The number of hydrogen-bond acceptors (Lipinski definition) is 6. The number of Topliss-reactive ketones (excluding diaryl/α,β-unsaturated/α-hetero) is 1. The fourth-order valence-electron chi connectivity index (χ4n) is 4.00. The first-order valence-corrected chi connectivity index (χ1v) is 9.73. The van der Waals surface area contributed by atoms with Gasteiger partial charge in [0, 0.05) is 29.0 Å². The number of nitrogens with zero attached hydrogens (tertiary/aromatic N) is 1. The molecule has 2 atom stereocenters. The maximum Gasteiger partial charge on any atom is 0.336 e. The van der Waals surface area contributed by atoms with Crippen LogP contribution in [-0.2, 0) is 14.3 Å². The standard InChI is InChI=1S/C23H25NO5/c1-6-10-28-23(27)20-14(4)24-13(3)19(15(5)25)21(20)17-9-7-8-16-18(26)11-12(2)29-22(16)17/h7-9,11,19,21H,6,10H2,1-5H3/t19?,21-/m1/s1. The van der Waals surface area contributed by atoms with E-state index >= 15 is 0 Å². The second-order valence-electron chi connectivity index (χ2n) is 7.40. The minimum Gasteiger partial charge on any atom is -0.462 e. The second kappa shape index (κ2) is 8.15. The van der Waals surface area contributed by atoms with Crippen molar-refractivity contribution in [1.82, 2.24) is 0 Å². The Morgan fingerprint density at radius 3 is 2.59 bits per heavy atom. The van der Waals surface area contributed by atoms with Gasteiger partial charge in [0.2, 0.25) is 0 Å². The van der Waals surface area contributed by atoms with Gasteiger partial charge in [-0.1, -0.05) is 19.1 Å². The van der Waals surface area contributed by atoms with Gasteiger partial charge >= 0.3 is 5.97 Å². The van der Waals surface area contributed by atoms with Gasteiger partial charge in [0.05, 0.1) is 23.5 Å². The molecule has 0 saturated carbocycles. The predicted octanol–water partition coefficient (Wildman–Crippen LogP) is 4.09. The van der Waals surface area contributed by atoms with Crippen molar-refractivity contribution in [3.63, 3.8) is 0 Å². The van der Waals surface area contributed by atoms with Crippen LogP contribution in [0.2, 0.25) is 0 Å². The molecule has 6 heteroatoms. The average Bonchev–Trinajstić information content (AvgIpc) is 2.64. The number of esters is 1. The summed E-state index contributed by atoms with van der Waals surface area (Å²) in [5.74, 6) is -1.42. The Hall–Kier alpha value is -3.02. The number of allylic oxidation sites excluding steroid dienone is 1. The lowest BCUT2D eigenvalue weighted by atomic mass is 9.73. The molecule has 0 N–H and O–H groups in total. The minimum absolute atomic E-state index is 0.114. The van der Waals surface area contributed by atoms with Crippen molar-refractivity contribution < 1.29 is 18.7 Å². The van der Waals surface area contributed by atoms with Crippen molar-refractivity contribution in [2.24, 2.45) is 10.9 Å². The fraction of sp³-hybridized carbons (Fsp3) is 0.391. The average molecular weight is 395 g/mol. The lowest BCUT2D eigenvalue weighted by Crippen LogP contribution is -2.34. The predicted molar refractivity (Wildman–Crippen MR) is 111 cm³/mol. The highest BCUT2D eigenvalue weighted by molar-refractivity contribution is 6.09. The van der Waals surface area contributed by atoms with Crippen molar-refractivity contribution in [3.05, 3.63) is 57.1 Å². The molecule has 0 bridgehead atoms. The Bertz CT molecular complexity index is 1110. The summed E-state index contributed by atoms with van der Waals surface area (Å²) in [6, 6.07) is 6.65. The molecule has 0 fully saturated rings. The van der Waals surface area contributed by atoms with Crippen LogP contribution in [0, 0.1) is 12.8 Å². The van der Waals surface area contributed by atoms with Crippen molar-refractivity contribution in [3.8, 4) is 0 Å². The molecule has 152 valence electrons. The summed E-state index contributed by atoms with van der Waals surface area (Å²) in [5.41, 5.74) is 2.30. The van der Waals surface area contributed by atoms with Gasteiger partial charge in [-0.05, 0) is 40.2 Å². The van der Waals surface area contributed by atoms with Crippen LogP contribution < -0.4 is 5.43 Å². The smallest absolute Gasteiger partial charge is 0.336 e. The van der Waals surface area contributed by atoms with Gasteiger partial charge in [-0.15, -0.1) is 0 Å².